The molecule has 0 bridgehead atoms. The molecule has 1 aliphatic rings. The third-order valence-corrected chi connectivity index (χ3v) is 5.62. The molecule has 3 N–H and O–H groups in total. The van der Waals surface area contributed by atoms with E-state index in [1.807, 2.05) is 0 Å². The number of piperidine rings is 1. The number of halogens is 1. The molecule has 2 amide bonds. The number of carbonyl (C=O) groups is 2. The lowest BCUT2D eigenvalue weighted by molar-refractivity contribution is -0.127. The molecule has 0 radical (unpaired) electrons. The first-order chi connectivity index (χ1) is 15.9. The van der Waals surface area contributed by atoms with Gasteiger partial charge in [-0.15, -0.1) is 0 Å². The van der Waals surface area contributed by atoms with Gasteiger partial charge < -0.3 is 20.4 Å². The minimum atomic E-state index is -0.819. The average molecular weight is 450 g/mol. The third-order valence-electron chi connectivity index (χ3n) is 5.62. The number of fused-ring (bicyclic) bond motifs is 1. The van der Waals surface area contributed by atoms with Gasteiger partial charge in [0, 0.05) is 30.7 Å². The van der Waals surface area contributed by atoms with E-state index in [9.17, 15) is 18.8 Å². The van der Waals surface area contributed by atoms with Gasteiger partial charge in [-0.25, -0.2) is 9.37 Å². The van der Waals surface area contributed by atoms with Crippen LogP contribution in [0.15, 0.2) is 53.5 Å². The van der Waals surface area contributed by atoms with E-state index in [0.717, 1.165) is 12.8 Å². The summed E-state index contributed by atoms with van der Waals surface area (Å²) >= 11 is 0. The van der Waals surface area contributed by atoms with Gasteiger partial charge in [0.15, 0.2) is 0 Å². The number of nitrogens with zero attached hydrogens (tertiary/aromatic N) is 2. The third kappa shape index (κ3) is 5.43. The summed E-state index contributed by atoms with van der Waals surface area (Å²) in [5.41, 5.74) is 5.47. The van der Waals surface area contributed by atoms with Crippen LogP contribution in [0.4, 0.5) is 4.39 Å². The van der Waals surface area contributed by atoms with Crippen LogP contribution in [0.5, 0.6) is 5.75 Å². The highest BCUT2D eigenvalue weighted by molar-refractivity contribution is 5.96. The molecule has 1 aliphatic heterocycles. The Morgan fingerprint density at radius 2 is 1.94 bits per heavy atom. The van der Waals surface area contributed by atoms with Crippen LogP contribution in [0.25, 0.3) is 17.1 Å². The van der Waals surface area contributed by atoms with E-state index in [-0.39, 0.29) is 17.3 Å². The van der Waals surface area contributed by atoms with Gasteiger partial charge in [0.2, 0.25) is 5.91 Å². The van der Waals surface area contributed by atoms with Crippen molar-refractivity contribution in [2.45, 2.75) is 12.8 Å². The number of nitrogens with two attached hydrogens (primary N) is 1. The molecular weight excluding hydrogens is 427 g/mol. The summed E-state index contributed by atoms with van der Waals surface area (Å²) < 4.78 is 18.7. The maximum atomic E-state index is 13.0. The number of rotatable bonds is 6. The van der Waals surface area contributed by atoms with Crippen molar-refractivity contribution in [1.29, 1.82) is 0 Å². The zero-order valence-electron chi connectivity index (χ0n) is 17.8. The molecular formula is C24H23FN4O4. The first kappa shape index (κ1) is 22.2. The van der Waals surface area contributed by atoms with Gasteiger partial charge in [-0.2, -0.15) is 0 Å². The van der Waals surface area contributed by atoms with Gasteiger partial charge in [-0.3, -0.25) is 14.4 Å². The normalized spacial score (nSPS) is 14.6. The molecule has 1 saturated heterocycles. The van der Waals surface area contributed by atoms with E-state index in [4.69, 9.17) is 10.5 Å². The number of carbonyl (C=O) groups excluding carboxylic acids is 2. The van der Waals surface area contributed by atoms with Gasteiger partial charge in [0.05, 0.1) is 6.61 Å². The molecule has 1 aromatic carbocycles. The Balaban J connectivity index is 1.33. The average Bonchev–Trinajstić information content (AvgIpc) is 2.82. The first-order valence-electron chi connectivity index (χ1n) is 10.6. The topological polar surface area (TPSA) is 118 Å². The highest BCUT2D eigenvalue weighted by Crippen LogP contribution is 2.20. The lowest BCUT2D eigenvalue weighted by Crippen LogP contribution is -2.38. The van der Waals surface area contributed by atoms with Crippen molar-refractivity contribution < 1.29 is 18.7 Å². The predicted octanol–water partition coefficient (Wildman–Crippen LogP) is 2.49. The molecule has 170 valence electrons. The van der Waals surface area contributed by atoms with Crippen LogP contribution >= 0.6 is 0 Å². The molecule has 0 unspecified atom stereocenters. The number of amides is 2. The molecule has 3 aromatic rings. The minimum Gasteiger partial charge on any atom is -0.493 e. The zero-order chi connectivity index (χ0) is 23.4. The number of ether oxygens (including phenoxy) is 1. The minimum absolute atomic E-state index is 0.104. The molecule has 2 aromatic heterocycles. The maximum Gasteiger partial charge on any atom is 0.262 e. The quantitative estimate of drug-likeness (QED) is 0.560. The van der Waals surface area contributed by atoms with Crippen LogP contribution < -0.4 is 16.0 Å². The van der Waals surface area contributed by atoms with E-state index >= 15 is 0 Å². The van der Waals surface area contributed by atoms with Crippen LogP contribution in [-0.2, 0) is 4.79 Å². The van der Waals surface area contributed by atoms with Crippen molar-refractivity contribution in [3.05, 3.63) is 76.0 Å². The summed E-state index contributed by atoms with van der Waals surface area (Å²) in [6.45, 7) is 1.78. The second kappa shape index (κ2) is 9.64. The summed E-state index contributed by atoms with van der Waals surface area (Å²) in [4.78, 5) is 44.3. The fourth-order valence-corrected chi connectivity index (χ4v) is 3.72. The van der Waals surface area contributed by atoms with Crippen LogP contribution in [0, 0.1) is 11.7 Å². The Kier molecular flexibility index (Phi) is 6.48. The molecule has 0 spiro atoms. The number of likely N-dealkylation sites (tertiary alicyclic amines) is 1. The van der Waals surface area contributed by atoms with E-state index in [1.165, 1.54) is 30.5 Å². The number of primary amides is 1. The molecule has 0 saturated carbocycles. The van der Waals surface area contributed by atoms with Gasteiger partial charge in [0.25, 0.3) is 11.5 Å². The van der Waals surface area contributed by atoms with Crippen molar-refractivity contribution in [3.63, 3.8) is 0 Å². The fraction of sp³-hybridized carbons (Fsp3) is 0.250. The number of H-pyrrole nitrogens is 1. The van der Waals surface area contributed by atoms with E-state index in [0.29, 0.717) is 48.0 Å². The van der Waals surface area contributed by atoms with Crippen LogP contribution in [0.1, 0.15) is 28.8 Å². The molecule has 9 heteroatoms. The fourth-order valence-electron chi connectivity index (χ4n) is 3.72. The Hall–Kier alpha value is -4.01. The number of aromatic amines is 1. The second-order valence-corrected chi connectivity index (χ2v) is 7.95. The van der Waals surface area contributed by atoms with Crippen LogP contribution in [0.2, 0.25) is 0 Å². The number of nitrogens with one attached hydrogen (secondary N) is 1. The lowest BCUT2D eigenvalue weighted by Gasteiger charge is -2.31. The molecule has 1 fully saturated rings. The summed E-state index contributed by atoms with van der Waals surface area (Å²) in [6.07, 6.45) is 6.31. The highest BCUT2D eigenvalue weighted by Gasteiger charge is 2.22. The summed E-state index contributed by atoms with van der Waals surface area (Å²) in [6, 6.07) is 9.04. The number of hydrogen-bond donors (Lipinski definition) is 2. The van der Waals surface area contributed by atoms with Crippen molar-refractivity contribution in [2.24, 2.45) is 11.7 Å². The Morgan fingerprint density at radius 3 is 2.64 bits per heavy atom. The summed E-state index contributed by atoms with van der Waals surface area (Å²) in [5.74, 6) is -0.261. The largest absolute Gasteiger partial charge is 0.493 e. The van der Waals surface area contributed by atoms with Gasteiger partial charge in [-0.1, -0.05) is 0 Å². The van der Waals surface area contributed by atoms with Crippen LogP contribution in [0.3, 0.4) is 0 Å². The first-order valence-corrected chi connectivity index (χ1v) is 10.6. The number of benzene rings is 1. The van der Waals surface area contributed by atoms with E-state index in [2.05, 4.69) is 9.97 Å². The van der Waals surface area contributed by atoms with Gasteiger partial charge in [-0.05, 0) is 66.8 Å². The smallest absolute Gasteiger partial charge is 0.262 e. The number of pyridine rings is 2. The molecule has 0 atom stereocenters. The molecule has 8 nitrogen and oxygen atoms in total. The predicted molar refractivity (Wildman–Crippen MR) is 121 cm³/mol. The van der Waals surface area contributed by atoms with Gasteiger partial charge in [0.1, 0.15) is 22.8 Å². The number of aromatic nitrogens is 2. The van der Waals surface area contributed by atoms with Crippen LogP contribution in [-0.4, -0.2) is 46.4 Å². The van der Waals surface area contributed by atoms with E-state index < -0.39 is 11.5 Å². The van der Waals surface area contributed by atoms with Crippen molar-refractivity contribution >= 4 is 28.9 Å². The summed E-state index contributed by atoms with van der Waals surface area (Å²) in [5, 5.41) is 0.542. The Bertz CT molecular complexity index is 1260. The van der Waals surface area contributed by atoms with Crippen molar-refractivity contribution in [3.8, 4) is 5.75 Å². The van der Waals surface area contributed by atoms with E-state index in [1.54, 1.807) is 29.2 Å². The summed E-state index contributed by atoms with van der Waals surface area (Å²) in [7, 11) is 0. The molecule has 33 heavy (non-hydrogen) atoms. The van der Waals surface area contributed by atoms with Crippen molar-refractivity contribution in [2.75, 3.05) is 19.7 Å². The van der Waals surface area contributed by atoms with Gasteiger partial charge >= 0.3 is 0 Å². The number of hydrogen-bond acceptors (Lipinski definition) is 5. The lowest BCUT2D eigenvalue weighted by atomic mass is 9.97. The van der Waals surface area contributed by atoms with Crippen molar-refractivity contribution in [1.82, 2.24) is 14.9 Å². The SMILES string of the molecule is NC(=O)c1cc2cc(C=CC(=O)N3CCC(COc4ccc(F)cc4)CC3)cnc2[nH]c1=O. The molecule has 4 rings (SSSR count). The highest BCUT2D eigenvalue weighted by atomic mass is 19.1. The Morgan fingerprint density at radius 1 is 1.21 bits per heavy atom. The zero-order valence-corrected chi connectivity index (χ0v) is 17.8. The standard InChI is InChI=1S/C24H23FN4O4/c25-18-2-4-19(5-3-18)33-14-15-7-9-29(10-8-15)21(30)6-1-16-11-17-12-20(22(26)31)24(32)28-23(17)27-13-16/h1-6,11-13,15H,7-10,14H2,(H2,26,31)(H,27,28,32). The maximum absolute atomic E-state index is 13.0. The Labute approximate surface area is 188 Å². The molecule has 0 aliphatic carbocycles. The second-order valence-electron chi connectivity index (χ2n) is 7.95. The monoisotopic (exact) mass is 450 g/mol. The molecule has 3 heterocycles.